The summed E-state index contributed by atoms with van der Waals surface area (Å²) in [7, 11) is 0. The van der Waals surface area contributed by atoms with Gasteiger partial charge in [-0.2, -0.15) is 18.3 Å². The summed E-state index contributed by atoms with van der Waals surface area (Å²) >= 11 is 0. The zero-order valence-corrected chi connectivity index (χ0v) is 22.3. The van der Waals surface area contributed by atoms with Crippen LogP contribution in [0.1, 0.15) is 0 Å². The maximum absolute atomic E-state index is 13.4. The lowest BCUT2D eigenvalue weighted by molar-refractivity contribution is -0.383. The summed E-state index contributed by atoms with van der Waals surface area (Å²) in [5, 5.41) is 33.0. The number of nitrogens with two attached hydrogens (primary N) is 1. The number of nitro benzene ring substituents is 2. The Morgan fingerprint density at radius 3 is 1.73 bits per heavy atom. The largest absolute Gasteiger partial charge is 0.398 e. The topological polar surface area (TPSA) is 177 Å². The number of rotatable bonds is 6. The number of nitrogens with zero attached hydrogens (tertiary/aromatic N) is 7. The number of non-ortho nitro benzene ring substituents is 2. The van der Waals surface area contributed by atoms with Crippen LogP contribution in [0.25, 0.3) is 32.7 Å². The van der Waals surface area contributed by atoms with Crippen LogP contribution in [-0.2, 0) is 13.1 Å². The van der Waals surface area contributed by atoms with E-state index in [2.05, 4.69) is 20.4 Å². The molecule has 20 heteroatoms. The number of alkyl halides is 4. The molecule has 236 valence electrons. The van der Waals surface area contributed by atoms with Crippen molar-refractivity contribution in [1.82, 2.24) is 29.8 Å². The van der Waals surface area contributed by atoms with Crippen molar-refractivity contribution in [3.63, 3.8) is 0 Å². The van der Waals surface area contributed by atoms with Gasteiger partial charge in [0.15, 0.2) is 0 Å². The van der Waals surface area contributed by atoms with Gasteiger partial charge in [0, 0.05) is 17.8 Å². The van der Waals surface area contributed by atoms with Crippen molar-refractivity contribution in [3.8, 4) is 0 Å². The minimum Gasteiger partial charge on any atom is -0.398 e. The maximum Gasteiger partial charge on any atom is 0.283 e. The molecule has 0 spiro atoms. The predicted octanol–water partition coefficient (Wildman–Crippen LogP) is 5.98. The van der Waals surface area contributed by atoms with Crippen LogP contribution in [0.5, 0.6) is 0 Å². The molecule has 0 fully saturated rings. The van der Waals surface area contributed by atoms with Gasteiger partial charge in [0.05, 0.1) is 26.3 Å². The van der Waals surface area contributed by atoms with E-state index in [1.165, 1.54) is 42.5 Å². The fraction of sp³-hybridized carbons (Fsp3) is 0.160. The van der Waals surface area contributed by atoms with Crippen LogP contribution < -0.4 is 5.73 Å². The van der Waals surface area contributed by atoms with E-state index in [1.807, 2.05) is 0 Å². The van der Waals surface area contributed by atoms with Gasteiger partial charge in [-0.3, -0.25) is 34.7 Å². The molecule has 3 aromatic carbocycles. The number of nitrogens with one attached hydrogen (secondary N) is 1. The third kappa shape index (κ3) is 6.89. The quantitative estimate of drug-likeness (QED) is 0.0965. The molecule has 3 N–H and O–H groups in total. The molecule has 6 aromatic rings. The molecule has 0 radical (unpaired) electrons. The number of hydrogen-bond acceptors (Lipinski definition) is 8. The van der Waals surface area contributed by atoms with E-state index in [9.17, 15) is 51.0 Å². The van der Waals surface area contributed by atoms with Crippen molar-refractivity contribution in [3.05, 3.63) is 92.7 Å². The van der Waals surface area contributed by atoms with E-state index in [1.54, 1.807) is 6.07 Å². The van der Waals surface area contributed by atoms with E-state index in [0.717, 1.165) is 15.4 Å². The molecule has 3 aromatic heterocycles. The predicted molar refractivity (Wildman–Crippen MR) is 145 cm³/mol. The van der Waals surface area contributed by atoms with Gasteiger partial charge in [0.2, 0.25) is 17.8 Å². The summed E-state index contributed by atoms with van der Waals surface area (Å²) in [6, 6.07) is 12.5. The molecule has 0 aliphatic rings. The average molecular weight is 641 g/mol. The minimum absolute atomic E-state index is 0.0167. The molecule has 0 bridgehead atoms. The highest BCUT2D eigenvalue weighted by Crippen LogP contribution is 2.28. The number of nitrogen functional groups attached to an aromatic ring is 1. The van der Waals surface area contributed by atoms with Gasteiger partial charge < -0.3 is 5.73 Å². The summed E-state index contributed by atoms with van der Waals surface area (Å²) in [6.07, 6.45) is -5.29. The second-order valence-electron chi connectivity index (χ2n) is 8.86. The third-order valence-electron chi connectivity index (χ3n) is 6.01. The Kier molecular flexibility index (Phi) is 9.43. The SMILES string of the molecule is Nc1cccc2c1c(F)nn2CC(F)F.O=[N+]([O-])c1cccc2c1c(F)nn2CC(F)F.O=[N+]([O-])c1cccc2n[nH]c(F)c12. The zero-order valence-electron chi connectivity index (χ0n) is 22.3. The molecule has 0 saturated heterocycles. The van der Waals surface area contributed by atoms with Gasteiger partial charge in [0.25, 0.3) is 24.2 Å². The van der Waals surface area contributed by atoms with Crippen molar-refractivity contribution >= 4 is 49.8 Å². The number of benzene rings is 3. The summed E-state index contributed by atoms with van der Waals surface area (Å²) in [6.45, 7) is -1.44. The number of H-pyrrole nitrogens is 1. The van der Waals surface area contributed by atoms with Crippen molar-refractivity contribution in [1.29, 1.82) is 0 Å². The maximum atomic E-state index is 13.4. The molecule has 0 atom stereocenters. The van der Waals surface area contributed by atoms with E-state index in [4.69, 9.17) is 5.73 Å². The average Bonchev–Trinajstić information content (AvgIpc) is 3.62. The first kappa shape index (κ1) is 32.1. The van der Waals surface area contributed by atoms with Gasteiger partial charge in [-0.1, -0.05) is 18.2 Å². The normalized spacial score (nSPS) is 11.1. The Bertz CT molecular complexity index is 2010. The first-order chi connectivity index (χ1) is 21.3. The smallest absolute Gasteiger partial charge is 0.283 e. The first-order valence-corrected chi connectivity index (χ1v) is 12.3. The highest BCUT2D eigenvalue weighted by molar-refractivity contribution is 5.91. The van der Waals surface area contributed by atoms with E-state index >= 15 is 0 Å². The monoisotopic (exact) mass is 641 g/mol. The summed E-state index contributed by atoms with van der Waals surface area (Å²) < 4.78 is 89.9. The number of halogens is 7. The van der Waals surface area contributed by atoms with Crippen LogP contribution >= 0.6 is 0 Å². The molecule has 0 aliphatic carbocycles. The second kappa shape index (κ2) is 13.2. The van der Waals surface area contributed by atoms with Crippen molar-refractivity contribution < 1.29 is 40.6 Å². The van der Waals surface area contributed by atoms with Crippen LogP contribution in [0.2, 0.25) is 0 Å². The van der Waals surface area contributed by atoms with Crippen molar-refractivity contribution in [2.75, 3.05) is 5.73 Å². The van der Waals surface area contributed by atoms with Crippen molar-refractivity contribution in [2.24, 2.45) is 0 Å². The Balaban J connectivity index is 0.000000155. The van der Waals surface area contributed by atoms with Crippen molar-refractivity contribution in [2.45, 2.75) is 25.9 Å². The number of aromatic amines is 1. The Hall–Kier alpha value is -5.82. The molecule has 3 heterocycles. The molecular weight excluding hydrogens is 623 g/mol. The van der Waals surface area contributed by atoms with Crippen LogP contribution in [-0.4, -0.2) is 52.5 Å². The van der Waals surface area contributed by atoms with E-state index in [-0.39, 0.29) is 44.1 Å². The third-order valence-corrected chi connectivity index (χ3v) is 6.01. The van der Waals surface area contributed by atoms with E-state index in [0.29, 0.717) is 0 Å². The van der Waals surface area contributed by atoms with Gasteiger partial charge in [-0.15, -0.1) is 10.2 Å². The Labute approximate surface area is 244 Å². The number of anilines is 1. The number of aromatic nitrogens is 6. The van der Waals surface area contributed by atoms with Crippen LogP contribution in [0, 0.1) is 38.1 Å². The van der Waals surface area contributed by atoms with Gasteiger partial charge >= 0.3 is 0 Å². The molecule has 0 amide bonds. The van der Waals surface area contributed by atoms with Crippen LogP contribution in [0.4, 0.5) is 47.8 Å². The number of hydrogen-bond donors (Lipinski definition) is 2. The lowest BCUT2D eigenvalue weighted by atomic mass is 10.2. The lowest BCUT2D eigenvalue weighted by Gasteiger charge is -2.01. The van der Waals surface area contributed by atoms with Gasteiger partial charge in [-0.25, -0.2) is 17.6 Å². The minimum atomic E-state index is -2.71. The standard InChI is InChI=1S/C9H6F3N3O2.C9H8F3N3.C7H4FN3O2/c10-7(11)4-14-5-2-1-3-6(15(16)17)8(5)9(12)13-14;10-7(11)4-15-6-3-1-2-5(13)8(6)9(12)14-15;8-7-6-4(9-10-7)2-1-3-5(6)11(12)13/h1-3,7H,4H2;1-3,7H,4,13H2;1-3H,(H,9,10). The molecular formula is C25H18F7N9O4. The highest BCUT2D eigenvalue weighted by atomic mass is 19.3. The van der Waals surface area contributed by atoms with Gasteiger partial charge in [-0.05, 0) is 24.3 Å². The number of fused-ring (bicyclic) bond motifs is 3. The summed E-state index contributed by atoms with van der Waals surface area (Å²) in [5.74, 6) is -2.71. The molecule has 0 saturated carbocycles. The fourth-order valence-electron chi connectivity index (χ4n) is 4.23. The molecule has 0 aliphatic heterocycles. The Morgan fingerprint density at radius 1 is 0.733 bits per heavy atom. The summed E-state index contributed by atoms with van der Waals surface area (Å²) in [4.78, 5) is 19.7. The molecule has 6 rings (SSSR count). The van der Waals surface area contributed by atoms with Gasteiger partial charge in [0.1, 0.15) is 29.4 Å². The zero-order chi connectivity index (χ0) is 33.0. The van der Waals surface area contributed by atoms with Crippen LogP contribution in [0.3, 0.4) is 0 Å². The summed E-state index contributed by atoms with van der Waals surface area (Å²) in [5.41, 5.74) is 5.48. The molecule has 45 heavy (non-hydrogen) atoms. The highest BCUT2D eigenvalue weighted by Gasteiger charge is 2.22. The molecule has 0 unspecified atom stereocenters. The lowest BCUT2D eigenvalue weighted by Crippen LogP contribution is -2.08. The molecule has 13 nitrogen and oxygen atoms in total. The number of nitro groups is 2. The fourth-order valence-corrected chi connectivity index (χ4v) is 4.23. The van der Waals surface area contributed by atoms with Crippen LogP contribution in [0.15, 0.2) is 54.6 Å². The van der Waals surface area contributed by atoms with E-state index < -0.39 is 59.3 Å². The Morgan fingerprint density at radius 2 is 1.20 bits per heavy atom. The second-order valence-corrected chi connectivity index (χ2v) is 8.86. The first-order valence-electron chi connectivity index (χ1n) is 12.3.